The number of piperidine rings is 1. The molecule has 1 aliphatic heterocycles. The van der Waals surface area contributed by atoms with Crippen molar-refractivity contribution in [3.63, 3.8) is 0 Å². The van der Waals surface area contributed by atoms with Gasteiger partial charge in [0, 0.05) is 19.2 Å². The minimum atomic E-state index is -3.38. The molecule has 0 amide bonds. The van der Waals surface area contributed by atoms with E-state index in [0.717, 1.165) is 23.4 Å². The highest BCUT2D eigenvalue weighted by Gasteiger charge is 2.29. The first-order valence-corrected chi connectivity index (χ1v) is 9.26. The van der Waals surface area contributed by atoms with Crippen LogP contribution in [0.5, 0.6) is 0 Å². The van der Waals surface area contributed by atoms with Crippen LogP contribution < -0.4 is 0 Å². The Kier molecular flexibility index (Phi) is 3.90. The highest BCUT2D eigenvalue weighted by molar-refractivity contribution is 7.91. The molecule has 0 spiro atoms. The average Bonchev–Trinajstić information content (AvgIpc) is 3.08. The molecule has 0 aliphatic carbocycles. The summed E-state index contributed by atoms with van der Waals surface area (Å²) in [5.74, 6) is 1.22. The minimum absolute atomic E-state index is 0.376. The summed E-state index contributed by atoms with van der Waals surface area (Å²) in [4.78, 5) is 0.791. The van der Waals surface area contributed by atoms with Gasteiger partial charge < -0.3 is 4.52 Å². The quantitative estimate of drug-likeness (QED) is 0.869. The van der Waals surface area contributed by atoms with Gasteiger partial charge in [-0.1, -0.05) is 12.1 Å². The van der Waals surface area contributed by atoms with Crippen LogP contribution in [0.1, 0.15) is 25.5 Å². The van der Waals surface area contributed by atoms with Crippen molar-refractivity contribution in [2.75, 3.05) is 13.1 Å². The Hall–Kier alpha value is -1.18. The van der Waals surface area contributed by atoms with Crippen LogP contribution in [0.4, 0.5) is 0 Å². The SMILES string of the molecule is Cc1cc(-c2ccc(S(=O)(=O)N3CCC(C)CC3)s2)on1. The molecule has 7 heteroatoms. The fraction of sp³-hybridized carbons (Fsp3) is 0.500. The molecular weight excluding hydrogens is 308 g/mol. The maximum atomic E-state index is 12.6. The van der Waals surface area contributed by atoms with E-state index in [9.17, 15) is 8.42 Å². The van der Waals surface area contributed by atoms with E-state index in [-0.39, 0.29) is 0 Å². The summed E-state index contributed by atoms with van der Waals surface area (Å²) in [5, 5.41) is 3.83. The van der Waals surface area contributed by atoms with Crippen LogP contribution in [0.2, 0.25) is 0 Å². The molecule has 0 saturated carbocycles. The molecule has 1 fully saturated rings. The standard InChI is InChI=1S/C14H18N2O3S2/c1-10-5-7-16(8-6-10)21(17,18)14-4-3-13(20-14)12-9-11(2)15-19-12/h3-4,9-10H,5-8H2,1-2H3. The Morgan fingerprint density at radius 1 is 1.33 bits per heavy atom. The molecule has 0 unspecified atom stereocenters. The molecule has 0 radical (unpaired) electrons. The molecule has 114 valence electrons. The number of sulfonamides is 1. The van der Waals surface area contributed by atoms with Crippen LogP contribution in [0, 0.1) is 12.8 Å². The fourth-order valence-electron chi connectivity index (χ4n) is 2.42. The molecule has 3 heterocycles. The largest absolute Gasteiger partial charge is 0.355 e. The summed E-state index contributed by atoms with van der Waals surface area (Å²) in [6.07, 6.45) is 1.86. The Balaban J connectivity index is 1.85. The molecule has 3 rings (SSSR count). The molecule has 0 aromatic carbocycles. The zero-order valence-corrected chi connectivity index (χ0v) is 13.7. The zero-order valence-electron chi connectivity index (χ0n) is 12.1. The van der Waals surface area contributed by atoms with E-state index in [0.29, 0.717) is 29.0 Å². The van der Waals surface area contributed by atoms with Gasteiger partial charge in [0.2, 0.25) is 0 Å². The third-order valence-electron chi connectivity index (χ3n) is 3.79. The van der Waals surface area contributed by atoms with E-state index in [1.165, 1.54) is 11.3 Å². The second-order valence-corrected chi connectivity index (χ2v) is 8.79. The number of thiophene rings is 1. The Labute approximate surface area is 128 Å². The van der Waals surface area contributed by atoms with Crippen LogP contribution in [0.25, 0.3) is 10.6 Å². The topological polar surface area (TPSA) is 63.4 Å². The lowest BCUT2D eigenvalue weighted by atomic mass is 10.0. The molecular formula is C14H18N2O3S2. The Morgan fingerprint density at radius 2 is 2.05 bits per heavy atom. The van der Waals surface area contributed by atoms with Crippen molar-refractivity contribution in [2.24, 2.45) is 5.92 Å². The molecule has 0 atom stereocenters. The van der Waals surface area contributed by atoms with Gasteiger partial charge in [-0.3, -0.25) is 0 Å². The third kappa shape index (κ3) is 2.90. The normalized spacial score (nSPS) is 18.2. The van der Waals surface area contributed by atoms with Crippen molar-refractivity contribution in [3.8, 4) is 10.6 Å². The number of rotatable bonds is 3. The second-order valence-electron chi connectivity index (χ2n) is 5.54. The van der Waals surface area contributed by atoms with Crippen LogP contribution in [-0.2, 0) is 10.0 Å². The minimum Gasteiger partial charge on any atom is -0.355 e. The molecule has 1 aliphatic rings. The van der Waals surface area contributed by atoms with Gasteiger partial charge in [0.25, 0.3) is 10.0 Å². The van der Waals surface area contributed by atoms with E-state index in [1.807, 2.05) is 13.0 Å². The predicted molar refractivity (Wildman–Crippen MR) is 81.7 cm³/mol. The highest BCUT2D eigenvalue weighted by Crippen LogP contribution is 2.33. The van der Waals surface area contributed by atoms with Crippen LogP contribution in [0.15, 0.2) is 26.9 Å². The number of nitrogens with zero attached hydrogens (tertiary/aromatic N) is 2. The van der Waals surface area contributed by atoms with Gasteiger partial charge in [0.05, 0.1) is 10.6 Å². The van der Waals surface area contributed by atoms with Crippen molar-refractivity contribution in [1.29, 1.82) is 0 Å². The zero-order chi connectivity index (χ0) is 15.0. The number of aryl methyl sites for hydroxylation is 1. The van der Waals surface area contributed by atoms with E-state index in [4.69, 9.17) is 4.52 Å². The van der Waals surface area contributed by atoms with E-state index in [2.05, 4.69) is 12.1 Å². The van der Waals surface area contributed by atoms with Crippen molar-refractivity contribution in [2.45, 2.75) is 30.9 Å². The average molecular weight is 326 g/mol. The van der Waals surface area contributed by atoms with Gasteiger partial charge in [-0.15, -0.1) is 11.3 Å². The lowest BCUT2D eigenvalue weighted by Crippen LogP contribution is -2.37. The van der Waals surface area contributed by atoms with Crippen LogP contribution in [0.3, 0.4) is 0 Å². The first-order valence-electron chi connectivity index (χ1n) is 7.00. The lowest BCUT2D eigenvalue weighted by Gasteiger charge is -2.28. The molecule has 1 saturated heterocycles. The smallest absolute Gasteiger partial charge is 0.252 e. The summed E-state index contributed by atoms with van der Waals surface area (Å²) in [6.45, 7) is 5.23. The van der Waals surface area contributed by atoms with Gasteiger partial charge in [0.15, 0.2) is 5.76 Å². The van der Waals surface area contributed by atoms with Crippen molar-refractivity contribution >= 4 is 21.4 Å². The summed E-state index contributed by atoms with van der Waals surface area (Å²) < 4.78 is 32.4. The van der Waals surface area contributed by atoms with Crippen LogP contribution in [-0.4, -0.2) is 31.0 Å². The summed E-state index contributed by atoms with van der Waals surface area (Å²) >= 11 is 1.24. The van der Waals surface area contributed by atoms with E-state index < -0.39 is 10.0 Å². The maximum Gasteiger partial charge on any atom is 0.252 e. The first-order chi connectivity index (χ1) is 9.96. The monoisotopic (exact) mass is 326 g/mol. The third-order valence-corrected chi connectivity index (χ3v) is 7.25. The summed E-state index contributed by atoms with van der Waals surface area (Å²) in [5.41, 5.74) is 0.785. The number of hydrogen-bond acceptors (Lipinski definition) is 5. The van der Waals surface area contributed by atoms with Crippen LogP contribution >= 0.6 is 11.3 Å². The predicted octanol–water partition coefficient (Wildman–Crippen LogP) is 3.13. The van der Waals surface area contributed by atoms with Gasteiger partial charge >= 0.3 is 0 Å². The van der Waals surface area contributed by atoms with Gasteiger partial charge in [0.1, 0.15) is 4.21 Å². The van der Waals surface area contributed by atoms with Crippen molar-refractivity contribution < 1.29 is 12.9 Å². The van der Waals surface area contributed by atoms with Gasteiger partial charge in [-0.2, -0.15) is 4.31 Å². The molecule has 2 aromatic rings. The maximum absolute atomic E-state index is 12.6. The molecule has 5 nitrogen and oxygen atoms in total. The van der Waals surface area contributed by atoms with E-state index in [1.54, 1.807) is 16.4 Å². The Morgan fingerprint density at radius 3 is 2.67 bits per heavy atom. The molecule has 21 heavy (non-hydrogen) atoms. The Bertz CT molecular complexity index is 725. The summed E-state index contributed by atoms with van der Waals surface area (Å²) in [6, 6.07) is 5.25. The molecule has 2 aromatic heterocycles. The van der Waals surface area contributed by atoms with E-state index >= 15 is 0 Å². The molecule has 0 bridgehead atoms. The van der Waals surface area contributed by atoms with Crippen molar-refractivity contribution in [1.82, 2.24) is 9.46 Å². The second kappa shape index (κ2) is 5.55. The first kappa shape index (κ1) is 14.7. The number of aromatic nitrogens is 1. The highest BCUT2D eigenvalue weighted by atomic mass is 32.2. The van der Waals surface area contributed by atoms with Gasteiger partial charge in [-0.05, 0) is 37.8 Å². The molecule has 0 N–H and O–H groups in total. The van der Waals surface area contributed by atoms with Crippen molar-refractivity contribution in [3.05, 3.63) is 23.9 Å². The fourth-order valence-corrected chi connectivity index (χ4v) is 5.30. The summed E-state index contributed by atoms with van der Waals surface area (Å²) in [7, 11) is -3.38. The number of hydrogen-bond donors (Lipinski definition) is 0. The van der Waals surface area contributed by atoms with Gasteiger partial charge in [-0.25, -0.2) is 8.42 Å². The lowest BCUT2D eigenvalue weighted by molar-refractivity contribution is 0.288.